The molecule has 0 bridgehead atoms. The lowest BCUT2D eigenvalue weighted by Gasteiger charge is -2.14. The highest BCUT2D eigenvalue weighted by Crippen LogP contribution is 2.07. The van der Waals surface area contributed by atoms with Gasteiger partial charge in [0.25, 0.3) is 0 Å². The molecule has 2 atom stereocenters. The fourth-order valence-corrected chi connectivity index (χ4v) is 1.12. The molecule has 0 heterocycles. The molecular weight excluding hydrogens is 224 g/mol. The first kappa shape index (κ1) is 15.8. The van der Waals surface area contributed by atoms with Crippen LogP contribution >= 0.6 is 0 Å². The maximum Gasteiger partial charge on any atom is 0.328 e. The van der Waals surface area contributed by atoms with E-state index in [1.807, 2.05) is 0 Å². The second kappa shape index (κ2) is 10.0. The number of hydrogen-bond acceptors (Lipinski definition) is 4. The standard InChI is InChI=1S/C12H20O5/c1-10(13)7-8-11(17-9-16-2)5-3-4-6-12(14)15/h3-6,10-11,13H,7-9H2,1-2H3,(H,14,15)/b5-3+,6-4+/t10-,11+/m1/s1. The number of ether oxygens (including phenoxy) is 2. The Balaban J connectivity index is 4.11. The maximum atomic E-state index is 10.2. The van der Waals surface area contributed by atoms with E-state index in [0.29, 0.717) is 12.8 Å². The predicted octanol–water partition coefficient (Wildman–Crippen LogP) is 1.33. The molecule has 5 heteroatoms. The van der Waals surface area contributed by atoms with Crippen molar-refractivity contribution < 1.29 is 24.5 Å². The molecule has 0 saturated heterocycles. The molecule has 0 aromatic carbocycles. The molecule has 5 nitrogen and oxygen atoms in total. The lowest BCUT2D eigenvalue weighted by Crippen LogP contribution is -2.14. The van der Waals surface area contributed by atoms with Crippen LogP contribution in [0.2, 0.25) is 0 Å². The van der Waals surface area contributed by atoms with Crippen LogP contribution in [0.3, 0.4) is 0 Å². The molecule has 0 rings (SSSR count). The molecule has 0 saturated carbocycles. The molecule has 98 valence electrons. The number of carbonyl (C=O) groups is 1. The van der Waals surface area contributed by atoms with E-state index < -0.39 is 5.97 Å². The van der Waals surface area contributed by atoms with Crippen LogP contribution in [0, 0.1) is 0 Å². The number of allylic oxidation sites excluding steroid dienone is 2. The van der Waals surface area contributed by atoms with E-state index in [4.69, 9.17) is 19.7 Å². The summed E-state index contributed by atoms with van der Waals surface area (Å²) >= 11 is 0. The molecular formula is C12H20O5. The molecule has 0 fully saturated rings. The molecule has 0 amide bonds. The molecule has 0 radical (unpaired) electrons. The van der Waals surface area contributed by atoms with E-state index in [1.165, 1.54) is 13.2 Å². The van der Waals surface area contributed by atoms with Gasteiger partial charge >= 0.3 is 5.97 Å². The molecule has 2 N–H and O–H groups in total. The van der Waals surface area contributed by atoms with E-state index in [1.54, 1.807) is 19.1 Å². The van der Waals surface area contributed by atoms with E-state index in [9.17, 15) is 4.79 Å². The second-order valence-corrected chi connectivity index (χ2v) is 3.62. The van der Waals surface area contributed by atoms with E-state index >= 15 is 0 Å². The maximum absolute atomic E-state index is 10.2. The Bertz CT molecular complexity index is 258. The number of carboxylic acids is 1. The van der Waals surface area contributed by atoms with Crippen LogP contribution in [-0.2, 0) is 14.3 Å². The molecule has 0 aliphatic heterocycles. The third kappa shape index (κ3) is 11.1. The van der Waals surface area contributed by atoms with Gasteiger partial charge in [0.1, 0.15) is 6.79 Å². The zero-order valence-electron chi connectivity index (χ0n) is 10.2. The molecule has 0 aromatic rings. The van der Waals surface area contributed by atoms with Crippen LogP contribution in [-0.4, -0.2) is 42.3 Å². The van der Waals surface area contributed by atoms with Gasteiger partial charge in [-0.2, -0.15) is 0 Å². The molecule has 0 unspecified atom stereocenters. The molecule has 0 aliphatic rings. The highest BCUT2D eigenvalue weighted by atomic mass is 16.7. The lowest BCUT2D eigenvalue weighted by atomic mass is 10.1. The topological polar surface area (TPSA) is 76.0 Å². The summed E-state index contributed by atoms with van der Waals surface area (Å²) in [5.41, 5.74) is 0. The smallest absolute Gasteiger partial charge is 0.328 e. The van der Waals surface area contributed by atoms with Crippen LogP contribution in [0.15, 0.2) is 24.3 Å². The van der Waals surface area contributed by atoms with Crippen molar-refractivity contribution in [2.24, 2.45) is 0 Å². The van der Waals surface area contributed by atoms with Crippen molar-refractivity contribution >= 4 is 5.97 Å². The van der Waals surface area contributed by atoms with Crippen molar-refractivity contribution in [1.29, 1.82) is 0 Å². The summed E-state index contributed by atoms with van der Waals surface area (Å²) in [7, 11) is 1.53. The van der Waals surface area contributed by atoms with Gasteiger partial charge < -0.3 is 19.7 Å². The fourth-order valence-electron chi connectivity index (χ4n) is 1.12. The largest absolute Gasteiger partial charge is 0.478 e. The number of aliphatic hydroxyl groups excluding tert-OH is 1. The van der Waals surface area contributed by atoms with Crippen molar-refractivity contribution in [2.45, 2.75) is 32.0 Å². The average Bonchev–Trinajstić information content (AvgIpc) is 2.26. The van der Waals surface area contributed by atoms with E-state index in [0.717, 1.165) is 6.08 Å². The van der Waals surface area contributed by atoms with Crippen molar-refractivity contribution in [1.82, 2.24) is 0 Å². The third-order valence-electron chi connectivity index (χ3n) is 1.94. The Labute approximate surface area is 101 Å². The Kier molecular flexibility index (Phi) is 9.33. The predicted molar refractivity (Wildman–Crippen MR) is 63.6 cm³/mol. The van der Waals surface area contributed by atoms with Crippen LogP contribution in [0.4, 0.5) is 0 Å². The van der Waals surface area contributed by atoms with Gasteiger partial charge in [0.2, 0.25) is 0 Å². The van der Waals surface area contributed by atoms with Crippen LogP contribution in [0.25, 0.3) is 0 Å². The Hall–Kier alpha value is -1.17. The summed E-state index contributed by atoms with van der Waals surface area (Å²) in [5, 5.41) is 17.6. The van der Waals surface area contributed by atoms with Gasteiger partial charge in [-0.05, 0) is 19.8 Å². The average molecular weight is 244 g/mol. The summed E-state index contributed by atoms with van der Waals surface area (Å²) in [5.74, 6) is -0.993. The Morgan fingerprint density at radius 2 is 2.06 bits per heavy atom. The van der Waals surface area contributed by atoms with Gasteiger partial charge in [-0.15, -0.1) is 0 Å². The summed E-state index contributed by atoms with van der Waals surface area (Å²) in [6.07, 6.45) is 6.50. The third-order valence-corrected chi connectivity index (χ3v) is 1.94. The first-order chi connectivity index (χ1) is 8.06. The minimum absolute atomic E-state index is 0.164. The Morgan fingerprint density at radius 1 is 1.35 bits per heavy atom. The lowest BCUT2D eigenvalue weighted by molar-refractivity contribution is -0.131. The SMILES string of the molecule is COCO[C@@H](/C=C/C=C/C(=O)O)CC[C@@H](C)O. The van der Waals surface area contributed by atoms with Gasteiger partial charge in [-0.25, -0.2) is 4.79 Å². The first-order valence-electron chi connectivity index (χ1n) is 5.42. The highest BCUT2D eigenvalue weighted by molar-refractivity contribution is 5.80. The summed E-state index contributed by atoms with van der Waals surface area (Å²) in [6, 6.07) is 0. The van der Waals surface area contributed by atoms with Gasteiger partial charge in [0.05, 0.1) is 12.2 Å². The van der Waals surface area contributed by atoms with Gasteiger partial charge in [0, 0.05) is 13.2 Å². The fraction of sp³-hybridized carbons (Fsp3) is 0.583. The first-order valence-corrected chi connectivity index (χ1v) is 5.42. The number of hydrogen-bond donors (Lipinski definition) is 2. The van der Waals surface area contributed by atoms with Crippen LogP contribution in [0.1, 0.15) is 19.8 Å². The number of aliphatic carboxylic acids is 1. The summed E-state index contributed by atoms with van der Waals surface area (Å²) in [6.45, 7) is 1.87. The van der Waals surface area contributed by atoms with Crippen molar-refractivity contribution in [2.75, 3.05) is 13.9 Å². The van der Waals surface area contributed by atoms with Gasteiger partial charge in [0.15, 0.2) is 0 Å². The number of carboxylic acid groups (broad SMARTS) is 1. The number of aliphatic hydroxyl groups is 1. The van der Waals surface area contributed by atoms with E-state index in [2.05, 4.69) is 0 Å². The number of rotatable bonds is 9. The van der Waals surface area contributed by atoms with Crippen molar-refractivity contribution in [3.05, 3.63) is 24.3 Å². The highest BCUT2D eigenvalue weighted by Gasteiger charge is 2.06. The summed E-state index contributed by atoms with van der Waals surface area (Å²) in [4.78, 5) is 10.2. The van der Waals surface area contributed by atoms with E-state index in [-0.39, 0.29) is 19.0 Å². The van der Waals surface area contributed by atoms with Crippen LogP contribution < -0.4 is 0 Å². The normalized spacial score (nSPS) is 15.5. The zero-order chi connectivity index (χ0) is 13.1. The van der Waals surface area contributed by atoms with Crippen LogP contribution in [0.5, 0.6) is 0 Å². The quantitative estimate of drug-likeness (QED) is 0.363. The molecule has 0 spiro atoms. The molecule has 0 aliphatic carbocycles. The minimum Gasteiger partial charge on any atom is -0.478 e. The number of methoxy groups -OCH3 is 1. The van der Waals surface area contributed by atoms with Gasteiger partial charge in [-0.3, -0.25) is 0 Å². The minimum atomic E-state index is -0.993. The molecule has 17 heavy (non-hydrogen) atoms. The van der Waals surface area contributed by atoms with Gasteiger partial charge in [-0.1, -0.05) is 18.2 Å². The zero-order valence-corrected chi connectivity index (χ0v) is 10.2. The van der Waals surface area contributed by atoms with Crippen molar-refractivity contribution in [3.8, 4) is 0 Å². The monoisotopic (exact) mass is 244 g/mol. The molecule has 0 aromatic heterocycles. The summed E-state index contributed by atoms with van der Waals surface area (Å²) < 4.78 is 10.1. The Morgan fingerprint density at radius 3 is 2.59 bits per heavy atom. The second-order valence-electron chi connectivity index (χ2n) is 3.62. The van der Waals surface area contributed by atoms with Crippen molar-refractivity contribution in [3.63, 3.8) is 0 Å².